The van der Waals surface area contributed by atoms with Gasteiger partial charge in [-0.05, 0) is 6.07 Å². The minimum atomic E-state index is -0.562. The number of aromatic nitrogens is 1. The Morgan fingerprint density at radius 2 is 1.85 bits per heavy atom. The summed E-state index contributed by atoms with van der Waals surface area (Å²) in [7, 11) is 1.32. The number of halogens is 1. The highest BCUT2D eigenvalue weighted by Gasteiger charge is 2.22. The molecule has 1 aromatic carbocycles. The Bertz CT molecular complexity index is 759. The summed E-state index contributed by atoms with van der Waals surface area (Å²) in [6, 6.07) is 9.55. The molecule has 0 bridgehead atoms. The third-order valence-electron chi connectivity index (χ3n) is 2.75. The van der Waals surface area contributed by atoms with Crippen LogP contribution in [0.25, 0.3) is 11.1 Å². The molecule has 0 aliphatic carbocycles. The lowest BCUT2D eigenvalue weighted by molar-refractivity contribution is 0.397. The number of nitrogen functional groups attached to an aromatic ring is 1. The van der Waals surface area contributed by atoms with Gasteiger partial charge in [-0.1, -0.05) is 18.2 Å². The first-order valence-corrected chi connectivity index (χ1v) is 5.56. The van der Waals surface area contributed by atoms with Gasteiger partial charge in [-0.15, -0.1) is 0 Å². The summed E-state index contributed by atoms with van der Waals surface area (Å²) in [4.78, 5) is 3.84. The quantitative estimate of drug-likeness (QED) is 0.900. The number of hydrogen-bond donors (Lipinski definition) is 1. The Hall–Kier alpha value is -3.12. The number of ether oxygens (including phenoxy) is 1. The lowest BCUT2D eigenvalue weighted by Crippen LogP contribution is -2.04. The van der Waals surface area contributed by atoms with Gasteiger partial charge in [0, 0.05) is 11.1 Å². The first-order valence-electron chi connectivity index (χ1n) is 5.56. The number of nitrogens with two attached hydrogens (primary N) is 1. The Morgan fingerprint density at radius 3 is 2.40 bits per heavy atom. The largest absolute Gasteiger partial charge is 0.480 e. The molecule has 0 spiro atoms. The fourth-order valence-corrected chi connectivity index (χ4v) is 1.88. The molecule has 0 amide bonds. The number of methoxy groups -OCH3 is 1. The van der Waals surface area contributed by atoms with Crippen molar-refractivity contribution in [2.75, 3.05) is 12.8 Å². The van der Waals surface area contributed by atoms with E-state index in [1.54, 1.807) is 6.07 Å². The normalized spacial score (nSPS) is 9.60. The number of pyridine rings is 1. The summed E-state index contributed by atoms with van der Waals surface area (Å²) in [6.45, 7) is 0. The summed E-state index contributed by atoms with van der Waals surface area (Å²) >= 11 is 0. The van der Waals surface area contributed by atoms with Crippen LogP contribution < -0.4 is 10.5 Å². The van der Waals surface area contributed by atoms with E-state index in [4.69, 9.17) is 10.5 Å². The summed E-state index contributed by atoms with van der Waals surface area (Å²) in [5.41, 5.74) is 5.80. The van der Waals surface area contributed by atoms with E-state index in [1.165, 1.54) is 25.3 Å². The molecule has 20 heavy (non-hydrogen) atoms. The lowest BCUT2D eigenvalue weighted by Gasteiger charge is -2.12. The van der Waals surface area contributed by atoms with E-state index in [1.807, 2.05) is 12.1 Å². The third-order valence-corrected chi connectivity index (χ3v) is 2.75. The standard InChI is InChI=1S/C14H9FN4O/c1-20-14-10(7-17)12(9(6-16)13(18)19-14)8-4-2-3-5-11(8)15/h2-5H,1H3,(H2,18,19). The van der Waals surface area contributed by atoms with Crippen LogP contribution in [0.1, 0.15) is 11.1 Å². The van der Waals surface area contributed by atoms with Gasteiger partial charge in [0.05, 0.1) is 7.11 Å². The zero-order chi connectivity index (χ0) is 14.7. The number of nitrogens with zero attached hydrogens (tertiary/aromatic N) is 3. The summed E-state index contributed by atoms with van der Waals surface area (Å²) < 4.78 is 18.9. The second-order valence-corrected chi connectivity index (χ2v) is 3.83. The van der Waals surface area contributed by atoms with Gasteiger partial charge in [0.25, 0.3) is 0 Å². The van der Waals surface area contributed by atoms with Gasteiger partial charge in [0.2, 0.25) is 5.88 Å². The minimum Gasteiger partial charge on any atom is -0.480 e. The molecule has 0 aliphatic rings. The van der Waals surface area contributed by atoms with E-state index in [-0.39, 0.29) is 34.0 Å². The molecule has 0 atom stereocenters. The molecule has 1 heterocycles. The van der Waals surface area contributed by atoms with Gasteiger partial charge < -0.3 is 10.5 Å². The molecule has 0 saturated heterocycles. The third kappa shape index (κ3) is 2.00. The second kappa shape index (κ2) is 5.25. The van der Waals surface area contributed by atoms with E-state index in [0.29, 0.717) is 0 Å². The Labute approximate surface area is 114 Å². The van der Waals surface area contributed by atoms with E-state index < -0.39 is 5.82 Å². The topological polar surface area (TPSA) is 95.7 Å². The molecule has 0 saturated carbocycles. The van der Waals surface area contributed by atoms with Gasteiger partial charge in [-0.25, -0.2) is 4.39 Å². The predicted octanol–water partition coefficient (Wildman–Crippen LogP) is 2.22. The molecule has 0 radical (unpaired) electrons. The maximum Gasteiger partial charge on any atom is 0.234 e. The molecule has 2 N–H and O–H groups in total. The van der Waals surface area contributed by atoms with Crippen LogP contribution in [0.4, 0.5) is 10.2 Å². The minimum absolute atomic E-state index is 0.0247. The van der Waals surface area contributed by atoms with Crippen molar-refractivity contribution in [3.63, 3.8) is 0 Å². The van der Waals surface area contributed by atoms with Crippen molar-refractivity contribution in [1.82, 2.24) is 4.98 Å². The first kappa shape index (κ1) is 13.3. The fraction of sp³-hybridized carbons (Fsp3) is 0.0714. The van der Waals surface area contributed by atoms with E-state index >= 15 is 0 Å². The molecule has 0 fully saturated rings. The molecule has 2 rings (SSSR count). The SMILES string of the molecule is COc1nc(N)c(C#N)c(-c2ccccc2F)c1C#N. The average molecular weight is 268 g/mol. The smallest absolute Gasteiger partial charge is 0.234 e. The van der Waals surface area contributed by atoms with Gasteiger partial charge in [-0.2, -0.15) is 15.5 Å². The molecule has 0 unspecified atom stereocenters. The zero-order valence-corrected chi connectivity index (χ0v) is 10.5. The van der Waals surface area contributed by atoms with Crippen molar-refractivity contribution in [3.05, 3.63) is 41.2 Å². The van der Waals surface area contributed by atoms with Crippen LogP contribution in [0.2, 0.25) is 0 Å². The molecule has 5 nitrogen and oxygen atoms in total. The molecule has 98 valence electrons. The lowest BCUT2D eigenvalue weighted by atomic mass is 9.96. The molecule has 6 heteroatoms. The summed E-state index contributed by atoms with van der Waals surface area (Å²) in [5.74, 6) is -0.711. The Morgan fingerprint density at radius 1 is 1.20 bits per heavy atom. The number of anilines is 1. The van der Waals surface area contributed by atoms with Crippen LogP contribution >= 0.6 is 0 Å². The van der Waals surface area contributed by atoms with Crippen molar-refractivity contribution in [2.24, 2.45) is 0 Å². The van der Waals surface area contributed by atoms with Crippen LogP contribution in [-0.2, 0) is 0 Å². The monoisotopic (exact) mass is 268 g/mol. The molecule has 2 aromatic rings. The second-order valence-electron chi connectivity index (χ2n) is 3.83. The Balaban J connectivity index is 2.94. The van der Waals surface area contributed by atoms with Crippen LogP contribution in [0, 0.1) is 28.5 Å². The maximum atomic E-state index is 14.0. The van der Waals surface area contributed by atoms with Crippen molar-refractivity contribution >= 4 is 5.82 Å². The van der Waals surface area contributed by atoms with Gasteiger partial charge >= 0.3 is 0 Å². The van der Waals surface area contributed by atoms with Crippen LogP contribution in [-0.4, -0.2) is 12.1 Å². The van der Waals surface area contributed by atoms with Crippen molar-refractivity contribution in [1.29, 1.82) is 10.5 Å². The average Bonchev–Trinajstić information content (AvgIpc) is 2.46. The van der Waals surface area contributed by atoms with Crippen LogP contribution in [0.3, 0.4) is 0 Å². The number of rotatable bonds is 2. The molecule has 0 aliphatic heterocycles. The zero-order valence-electron chi connectivity index (χ0n) is 10.5. The Kier molecular flexibility index (Phi) is 3.49. The van der Waals surface area contributed by atoms with Crippen LogP contribution in [0.15, 0.2) is 24.3 Å². The van der Waals surface area contributed by atoms with Crippen molar-refractivity contribution in [3.8, 4) is 29.1 Å². The molecule has 1 aromatic heterocycles. The molecular weight excluding hydrogens is 259 g/mol. The predicted molar refractivity (Wildman–Crippen MR) is 70.0 cm³/mol. The fourth-order valence-electron chi connectivity index (χ4n) is 1.88. The van der Waals surface area contributed by atoms with Crippen molar-refractivity contribution in [2.45, 2.75) is 0 Å². The number of benzene rings is 1. The van der Waals surface area contributed by atoms with Crippen LogP contribution in [0.5, 0.6) is 5.88 Å². The molecular formula is C14H9FN4O. The highest BCUT2D eigenvalue weighted by atomic mass is 19.1. The van der Waals surface area contributed by atoms with Crippen molar-refractivity contribution < 1.29 is 9.13 Å². The van der Waals surface area contributed by atoms with Gasteiger partial charge in [0.1, 0.15) is 34.9 Å². The van der Waals surface area contributed by atoms with E-state index in [9.17, 15) is 14.9 Å². The summed E-state index contributed by atoms with van der Waals surface area (Å²) in [5, 5.41) is 18.4. The highest BCUT2D eigenvalue weighted by molar-refractivity contribution is 5.82. The number of hydrogen-bond acceptors (Lipinski definition) is 5. The number of nitriles is 2. The highest BCUT2D eigenvalue weighted by Crippen LogP contribution is 2.35. The summed E-state index contributed by atoms with van der Waals surface area (Å²) in [6.07, 6.45) is 0. The maximum absolute atomic E-state index is 14.0. The van der Waals surface area contributed by atoms with Gasteiger partial charge in [-0.3, -0.25) is 0 Å². The first-order chi connectivity index (χ1) is 9.63. The van der Waals surface area contributed by atoms with Gasteiger partial charge in [0.15, 0.2) is 0 Å². The van der Waals surface area contributed by atoms with E-state index in [2.05, 4.69) is 4.98 Å². The van der Waals surface area contributed by atoms with E-state index in [0.717, 1.165) is 0 Å².